The van der Waals surface area contributed by atoms with Gasteiger partial charge in [0.25, 0.3) is 0 Å². The predicted molar refractivity (Wildman–Crippen MR) is 79.4 cm³/mol. The summed E-state index contributed by atoms with van der Waals surface area (Å²) >= 11 is 0. The number of hydrogen-bond acceptors (Lipinski definition) is 3. The Morgan fingerprint density at radius 2 is 2.10 bits per heavy atom. The second-order valence-electron chi connectivity index (χ2n) is 5.75. The minimum absolute atomic E-state index is 0.282. The van der Waals surface area contributed by atoms with Gasteiger partial charge in [0.15, 0.2) is 0 Å². The number of carbonyl (C=O) groups excluding carboxylic acids is 1. The van der Waals surface area contributed by atoms with Crippen LogP contribution in [0.3, 0.4) is 0 Å². The van der Waals surface area contributed by atoms with E-state index in [0.717, 1.165) is 44.7 Å². The van der Waals surface area contributed by atoms with Gasteiger partial charge in [-0.1, -0.05) is 0 Å². The van der Waals surface area contributed by atoms with Gasteiger partial charge >= 0.3 is 0 Å². The van der Waals surface area contributed by atoms with E-state index < -0.39 is 0 Å². The van der Waals surface area contributed by atoms with Gasteiger partial charge in [0.2, 0.25) is 5.91 Å². The molecular formula is C15H26N4O. The minimum atomic E-state index is 0.282. The molecule has 1 N–H and O–H groups in total. The summed E-state index contributed by atoms with van der Waals surface area (Å²) in [4.78, 5) is 14.0. The van der Waals surface area contributed by atoms with Crippen LogP contribution in [-0.4, -0.2) is 40.2 Å². The lowest BCUT2D eigenvalue weighted by Gasteiger charge is -2.26. The molecule has 2 rings (SSSR count). The molecule has 0 bridgehead atoms. The fourth-order valence-corrected chi connectivity index (χ4v) is 2.47. The van der Waals surface area contributed by atoms with Gasteiger partial charge in [0.1, 0.15) is 0 Å². The molecule has 0 aliphatic carbocycles. The Morgan fingerprint density at radius 3 is 2.75 bits per heavy atom. The van der Waals surface area contributed by atoms with E-state index in [2.05, 4.69) is 24.3 Å². The molecule has 0 aromatic carbocycles. The predicted octanol–water partition coefficient (Wildman–Crippen LogP) is 1.96. The molecule has 1 fully saturated rings. The van der Waals surface area contributed by atoms with Crippen LogP contribution < -0.4 is 5.32 Å². The number of amides is 1. The number of piperidine rings is 1. The van der Waals surface area contributed by atoms with Crippen molar-refractivity contribution in [1.82, 2.24) is 20.0 Å². The molecule has 1 amide bonds. The standard InChI is InChI=1S/C15H26N4O/c1-13(2)19-11-7-14(17-19)12-16-8-6-15(20)18-9-4-3-5-10-18/h7,11,13,16H,3-6,8-10,12H2,1-2H3. The van der Waals surface area contributed by atoms with Gasteiger partial charge in [0, 0.05) is 44.8 Å². The molecule has 0 unspecified atom stereocenters. The first-order valence-corrected chi connectivity index (χ1v) is 7.69. The summed E-state index contributed by atoms with van der Waals surface area (Å²) in [7, 11) is 0. The minimum Gasteiger partial charge on any atom is -0.343 e. The highest BCUT2D eigenvalue weighted by Crippen LogP contribution is 2.09. The topological polar surface area (TPSA) is 50.2 Å². The number of rotatable bonds is 6. The lowest BCUT2D eigenvalue weighted by Crippen LogP contribution is -2.37. The largest absolute Gasteiger partial charge is 0.343 e. The molecule has 0 saturated carbocycles. The van der Waals surface area contributed by atoms with E-state index in [4.69, 9.17) is 0 Å². The van der Waals surface area contributed by atoms with Gasteiger partial charge in [-0.2, -0.15) is 5.10 Å². The van der Waals surface area contributed by atoms with Crippen molar-refractivity contribution in [2.24, 2.45) is 0 Å². The molecule has 1 aromatic rings. The fraction of sp³-hybridized carbons (Fsp3) is 0.733. The second kappa shape index (κ2) is 7.43. The maximum Gasteiger partial charge on any atom is 0.223 e. The number of carbonyl (C=O) groups is 1. The molecule has 5 heteroatoms. The molecule has 0 atom stereocenters. The van der Waals surface area contributed by atoms with Gasteiger partial charge < -0.3 is 10.2 Å². The van der Waals surface area contributed by atoms with Crippen molar-refractivity contribution in [3.8, 4) is 0 Å². The van der Waals surface area contributed by atoms with E-state index in [9.17, 15) is 4.79 Å². The second-order valence-corrected chi connectivity index (χ2v) is 5.75. The van der Waals surface area contributed by atoms with E-state index in [1.54, 1.807) is 0 Å². The third kappa shape index (κ3) is 4.34. The quantitative estimate of drug-likeness (QED) is 0.809. The first-order chi connectivity index (χ1) is 9.66. The Hall–Kier alpha value is -1.36. The highest BCUT2D eigenvalue weighted by Gasteiger charge is 2.15. The average molecular weight is 278 g/mol. The number of nitrogens with zero attached hydrogens (tertiary/aromatic N) is 3. The summed E-state index contributed by atoms with van der Waals surface area (Å²) in [6, 6.07) is 2.42. The lowest BCUT2D eigenvalue weighted by molar-refractivity contribution is -0.131. The monoisotopic (exact) mass is 278 g/mol. The zero-order chi connectivity index (χ0) is 14.4. The average Bonchev–Trinajstić information content (AvgIpc) is 2.93. The van der Waals surface area contributed by atoms with E-state index in [0.29, 0.717) is 12.5 Å². The Morgan fingerprint density at radius 1 is 1.35 bits per heavy atom. The molecule has 0 radical (unpaired) electrons. The smallest absolute Gasteiger partial charge is 0.223 e. The summed E-state index contributed by atoms with van der Waals surface area (Å²) in [6.45, 7) is 7.56. The van der Waals surface area contributed by atoms with Crippen molar-refractivity contribution < 1.29 is 4.79 Å². The van der Waals surface area contributed by atoms with Gasteiger partial charge in [0.05, 0.1) is 5.69 Å². The maximum atomic E-state index is 12.0. The van der Waals surface area contributed by atoms with Crippen molar-refractivity contribution in [3.05, 3.63) is 18.0 Å². The van der Waals surface area contributed by atoms with E-state index in [1.165, 1.54) is 6.42 Å². The highest BCUT2D eigenvalue weighted by molar-refractivity contribution is 5.76. The van der Waals surface area contributed by atoms with Crippen LogP contribution in [0.15, 0.2) is 12.3 Å². The van der Waals surface area contributed by atoms with Crippen molar-refractivity contribution >= 4 is 5.91 Å². The summed E-state index contributed by atoms with van der Waals surface area (Å²) in [6.07, 6.45) is 6.17. The molecule has 0 spiro atoms. The van der Waals surface area contributed by atoms with E-state index in [1.807, 2.05) is 21.8 Å². The first kappa shape index (κ1) is 15.0. The molecular weight excluding hydrogens is 252 g/mol. The van der Waals surface area contributed by atoms with Crippen LogP contribution in [0.4, 0.5) is 0 Å². The number of nitrogens with one attached hydrogen (secondary N) is 1. The maximum absolute atomic E-state index is 12.0. The van der Waals surface area contributed by atoms with Gasteiger partial charge in [-0.05, 0) is 39.2 Å². The Balaban J connectivity index is 1.64. The van der Waals surface area contributed by atoms with Crippen LogP contribution in [0.2, 0.25) is 0 Å². The SMILES string of the molecule is CC(C)n1ccc(CNCCC(=O)N2CCCCC2)n1. The normalized spacial score (nSPS) is 15.8. The molecule has 1 aliphatic rings. The van der Waals surface area contributed by atoms with Crippen LogP contribution in [0.1, 0.15) is 51.3 Å². The fourth-order valence-electron chi connectivity index (χ4n) is 2.47. The number of likely N-dealkylation sites (tertiary alicyclic amines) is 1. The number of hydrogen-bond donors (Lipinski definition) is 1. The summed E-state index contributed by atoms with van der Waals surface area (Å²) < 4.78 is 1.95. The van der Waals surface area contributed by atoms with Gasteiger partial charge in [-0.15, -0.1) is 0 Å². The van der Waals surface area contributed by atoms with Crippen molar-refractivity contribution in [2.75, 3.05) is 19.6 Å². The van der Waals surface area contributed by atoms with Crippen LogP contribution in [-0.2, 0) is 11.3 Å². The molecule has 1 aliphatic heterocycles. The van der Waals surface area contributed by atoms with Gasteiger partial charge in [-0.25, -0.2) is 0 Å². The van der Waals surface area contributed by atoms with Crippen LogP contribution >= 0.6 is 0 Å². The van der Waals surface area contributed by atoms with Crippen molar-refractivity contribution in [1.29, 1.82) is 0 Å². The number of aromatic nitrogens is 2. The molecule has 5 nitrogen and oxygen atoms in total. The molecule has 20 heavy (non-hydrogen) atoms. The van der Waals surface area contributed by atoms with E-state index >= 15 is 0 Å². The Labute approximate surface area is 121 Å². The summed E-state index contributed by atoms with van der Waals surface area (Å²) in [5.41, 5.74) is 1.03. The zero-order valence-corrected chi connectivity index (χ0v) is 12.6. The third-order valence-electron chi connectivity index (χ3n) is 3.72. The Kier molecular flexibility index (Phi) is 5.59. The van der Waals surface area contributed by atoms with Crippen LogP contribution in [0, 0.1) is 0 Å². The lowest BCUT2D eigenvalue weighted by atomic mass is 10.1. The molecule has 112 valence electrons. The third-order valence-corrected chi connectivity index (χ3v) is 3.72. The summed E-state index contributed by atoms with van der Waals surface area (Å²) in [5, 5.41) is 7.78. The molecule has 1 saturated heterocycles. The van der Waals surface area contributed by atoms with Crippen molar-refractivity contribution in [2.45, 2.75) is 52.1 Å². The van der Waals surface area contributed by atoms with Gasteiger partial charge in [-0.3, -0.25) is 9.48 Å². The van der Waals surface area contributed by atoms with Crippen molar-refractivity contribution in [3.63, 3.8) is 0 Å². The zero-order valence-electron chi connectivity index (χ0n) is 12.6. The summed E-state index contributed by atoms with van der Waals surface area (Å²) in [5.74, 6) is 0.282. The first-order valence-electron chi connectivity index (χ1n) is 7.69. The van der Waals surface area contributed by atoms with Crippen LogP contribution in [0.5, 0.6) is 0 Å². The molecule has 2 heterocycles. The Bertz CT molecular complexity index is 421. The highest BCUT2D eigenvalue weighted by atomic mass is 16.2. The molecule has 1 aromatic heterocycles. The van der Waals surface area contributed by atoms with E-state index in [-0.39, 0.29) is 5.91 Å². The van der Waals surface area contributed by atoms with Crippen LogP contribution in [0.25, 0.3) is 0 Å².